The molecule has 15 heteroatoms. The maximum Gasteiger partial charge on any atom is 0.404 e. The van der Waals surface area contributed by atoms with Crippen LogP contribution in [0.15, 0.2) is 65.6 Å². The highest BCUT2D eigenvalue weighted by molar-refractivity contribution is 7.89. The first-order valence-electron chi connectivity index (χ1n) is 16.4. The van der Waals surface area contributed by atoms with E-state index in [4.69, 9.17) is 23.7 Å². The lowest BCUT2D eigenvalue weighted by Crippen LogP contribution is -2.60. The Balaban J connectivity index is 1.30. The Kier molecular flexibility index (Phi) is 10.8. The van der Waals surface area contributed by atoms with Gasteiger partial charge in [0.25, 0.3) is 0 Å². The molecule has 3 N–H and O–H groups in total. The fourth-order valence-corrected chi connectivity index (χ4v) is 8.69. The van der Waals surface area contributed by atoms with Crippen molar-refractivity contribution in [2.75, 3.05) is 26.6 Å². The second-order valence-corrected chi connectivity index (χ2v) is 15.0. The molecule has 2 saturated heterocycles. The number of aliphatic hydroxyl groups excluding tert-OH is 1. The fourth-order valence-electron chi connectivity index (χ4n) is 6.82. The average molecular weight is 719 g/mol. The van der Waals surface area contributed by atoms with Crippen LogP contribution in [0.2, 0.25) is 0 Å². The zero-order valence-electron chi connectivity index (χ0n) is 27.5. The number of nitrogens with one attached hydrogen (secondary N) is 1. The number of halogens is 2. The minimum absolute atomic E-state index is 0.00514. The summed E-state index contributed by atoms with van der Waals surface area (Å²) in [5, 5.41) is 24.6. The van der Waals surface area contributed by atoms with Gasteiger partial charge < -0.3 is 39.2 Å². The van der Waals surface area contributed by atoms with Crippen LogP contribution in [0.25, 0.3) is 0 Å². The van der Waals surface area contributed by atoms with E-state index in [1.54, 1.807) is 24.3 Å². The highest BCUT2D eigenvalue weighted by atomic mass is 32.2. The van der Waals surface area contributed by atoms with Crippen molar-refractivity contribution in [2.45, 2.75) is 62.7 Å². The molecule has 6 atom stereocenters. The van der Waals surface area contributed by atoms with Crippen LogP contribution in [0.1, 0.15) is 31.4 Å². The number of fused-ring (bicyclic) bond motifs is 2. The Morgan fingerprint density at radius 1 is 1.00 bits per heavy atom. The van der Waals surface area contributed by atoms with Crippen molar-refractivity contribution in [3.63, 3.8) is 0 Å². The standard InChI is InChI=1S/C35H40F2N2O10S/c1-20(2)16-39(50(43,44)24-8-10-30-31(15-24)49-19-48-30)32(26-18-47-34-25(26)11-12-45-34)33(40)29(38-35(41)42)14-21-3-6-23(7-4-21)46-17-22-5-9-27(36)28(37)13-22/h3-10,13,15,20,25-26,29,32-34,38,40H,11-12,14,16-19H2,1-2H3,(H,41,42)/t25-,26+,29-,32?,33+,34+/m0/s1. The molecule has 3 aromatic rings. The number of nitrogens with zero attached hydrogens (tertiary/aromatic N) is 1. The Morgan fingerprint density at radius 3 is 2.46 bits per heavy atom. The zero-order valence-corrected chi connectivity index (χ0v) is 28.4. The van der Waals surface area contributed by atoms with E-state index in [0.717, 1.165) is 12.1 Å². The van der Waals surface area contributed by atoms with E-state index < -0.39 is 58.1 Å². The summed E-state index contributed by atoms with van der Waals surface area (Å²) in [7, 11) is -4.30. The van der Waals surface area contributed by atoms with Crippen molar-refractivity contribution in [2.24, 2.45) is 17.8 Å². The van der Waals surface area contributed by atoms with Crippen molar-refractivity contribution in [1.29, 1.82) is 0 Å². The second kappa shape index (κ2) is 15.1. The van der Waals surface area contributed by atoms with Crippen LogP contribution in [0.3, 0.4) is 0 Å². The minimum atomic E-state index is -4.30. The molecule has 0 radical (unpaired) electrons. The molecule has 0 saturated carbocycles. The largest absolute Gasteiger partial charge is 0.489 e. The summed E-state index contributed by atoms with van der Waals surface area (Å²) in [5.41, 5.74) is 1.06. The Labute approximate surface area is 288 Å². The Hall–Kier alpha value is -4.02. The van der Waals surface area contributed by atoms with Gasteiger partial charge in [-0.05, 0) is 66.3 Å². The lowest BCUT2D eigenvalue weighted by atomic mass is 9.81. The lowest BCUT2D eigenvalue weighted by molar-refractivity contribution is -0.0907. The van der Waals surface area contributed by atoms with Gasteiger partial charge >= 0.3 is 6.09 Å². The van der Waals surface area contributed by atoms with Crippen LogP contribution in [-0.4, -0.2) is 80.1 Å². The third-order valence-electron chi connectivity index (χ3n) is 9.19. The average Bonchev–Trinajstić information content (AvgIpc) is 3.83. The normalized spacial score (nSPS) is 21.6. The van der Waals surface area contributed by atoms with Crippen LogP contribution in [-0.2, 0) is 32.5 Å². The van der Waals surface area contributed by atoms with Crippen molar-refractivity contribution in [3.8, 4) is 17.2 Å². The Morgan fingerprint density at radius 2 is 1.74 bits per heavy atom. The molecule has 6 rings (SSSR count). The second-order valence-electron chi connectivity index (χ2n) is 13.1. The van der Waals surface area contributed by atoms with Gasteiger partial charge in [0.15, 0.2) is 29.4 Å². The van der Waals surface area contributed by atoms with Crippen LogP contribution in [0, 0.1) is 29.4 Å². The highest BCUT2D eigenvalue weighted by Crippen LogP contribution is 2.42. The summed E-state index contributed by atoms with van der Waals surface area (Å²) in [5.74, 6) is -1.74. The molecule has 0 bridgehead atoms. The summed E-state index contributed by atoms with van der Waals surface area (Å²) < 4.78 is 85.5. The maximum atomic E-state index is 14.6. The van der Waals surface area contributed by atoms with Gasteiger partial charge in [0, 0.05) is 24.4 Å². The zero-order chi connectivity index (χ0) is 35.6. The van der Waals surface area contributed by atoms with E-state index >= 15 is 0 Å². The van der Waals surface area contributed by atoms with Crippen LogP contribution in [0.5, 0.6) is 17.2 Å². The lowest BCUT2D eigenvalue weighted by Gasteiger charge is -2.42. The number of hydrogen-bond donors (Lipinski definition) is 3. The monoisotopic (exact) mass is 718 g/mol. The van der Waals surface area contributed by atoms with Gasteiger partial charge in [0.05, 0.1) is 36.3 Å². The topological polar surface area (TPSA) is 153 Å². The molecule has 270 valence electrons. The van der Waals surface area contributed by atoms with E-state index in [1.807, 2.05) is 13.8 Å². The molecule has 2 fully saturated rings. The van der Waals surface area contributed by atoms with Gasteiger partial charge in [-0.1, -0.05) is 32.0 Å². The van der Waals surface area contributed by atoms with Crippen molar-refractivity contribution in [3.05, 3.63) is 83.4 Å². The number of amides is 1. The molecule has 0 spiro atoms. The van der Waals surface area contributed by atoms with Gasteiger partial charge in [-0.2, -0.15) is 4.31 Å². The van der Waals surface area contributed by atoms with E-state index in [0.29, 0.717) is 35.7 Å². The van der Waals surface area contributed by atoms with Crippen LogP contribution >= 0.6 is 0 Å². The quantitative estimate of drug-likeness (QED) is 0.217. The van der Waals surface area contributed by atoms with Crippen molar-refractivity contribution < 1.29 is 55.9 Å². The van der Waals surface area contributed by atoms with Crippen molar-refractivity contribution in [1.82, 2.24) is 9.62 Å². The summed E-state index contributed by atoms with van der Waals surface area (Å²) >= 11 is 0. The van der Waals surface area contributed by atoms with Gasteiger partial charge in [0.1, 0.15) is 12.4 Å². The molecular formula is C35H40F2N2O10S. The molecule has 1 unspecified atom stereocenters. The number of hydrogen-bond acceptors (Lipinski definition) is 9. The van der Waals surface area contributed by atoms with Gasteiger partial charge in [-0.25, -0.2) is 22.0 Å². The van der Waals surface area contributed by atoms with Gasteiger partial charge in [-0.15, -0.1) is 0 Å². The van der Waals surface area contributed by atoms with E-state index in [9.17, 15) is 32.2 Å². The first-order chi connectivity index (χ1) is 23.9. The van der Waals surface area contributed by atoms with Crippen LogP contribution < -0.4 is 19.5 Å². The SMILES string of the molecule is CC(C)CN(C([C@H](O)[C@H](Cc1ccc(OCc2ccc(F)c(F)c2)cc1)NC(=O)O)[C@@H]1CO[C@H]2OCC[C@H]21)S(=O)(=O)c1ccc2c(c1)OCO2. The molecule has 0 aromatic heterocycles. The molecule has 3 heterocycles. The van der Waals surface area contributed by atoms with E-state index in [-0.39, 0.29) is 55.5 Å². The molecule has 3 aliphatic rings. The molecule has 12 nitrogen and oxygen atoms in total. The molecule has 0 aliphatic carbocycles. The smallest absolute Gasteiger partial charge is 0.404 e. The summed E-state index contributed by atoms with van der Waals surface area (Å²) in [6, 6.07) is 12.2. The third-order valence-corrected chi connectivity index (χ3v) is 11.1. The molecule has 3 aliphatic heterocycles. The van der Waals surface area contributed by atoms with Gasteiger partial charge in [-0.3, -0.25) is 0 Å². The number of carboxylic acid groups (broad SMARTS) is 1. The minimum Gasteiger partial charge on any atom is -0.489 e. The number of aliphatic hydroxyl groups is 1. The number of benzene rings is 3. The van der Waals surface area contributed by atoms with E-state index in [2.05, 4.69) is 5.32 Å². The third kappa shape index (κ3) is 7.81. The van der Waals surface area contributed by atoms with Gasteiger partial charge in [0.2, 0.25) is 16.8 Å². The maximum absolute atomic E-state index is 14.6. The number of ether oxygens (including phenoxy) is 5. The summed E-state index contributed by atoms with van der Waals surface area (Å²) in [6.45, 7) is 4.21. The summed E-state index contributed by atoms with van der Waals surface area (Å²) in [4.78, 5) is 12.1. The number of carbonyl (C=O) groups is 1. The predicted octanol–water partition coefficient (Wildman–Crippen LogP) is 4.54. The molecule has 1 amide bonds. The Bertz CT molecular complexity index is 1780. The molecule has 50 heavy (non-hydrogen) atoms. The summed E-state index contributed by atoms with van der Waals surface area (Å²) in [6.07, 6.45) is -2.88. The molecular weight excluding hydrogens is 678 g/mol. The molecule has 3 aromatic carbocycles. The van der Waals surface area contributed by atoms with E-state index in [1.165, 1.54) is 28.6 Å². The first-order valence-corrected chi connectivity index (χ1v) is 17.8. The van der Waals surface area contributed by atoms with Crippen LogP contribution in [0.4, 0.5) is 13.6 Å². The number of sulfonamides is 1. The first kappa shape index (κ1) is 35.8. The van der Waals surface area contributed by atoms with Crippen molar-refractivity contribution >= 4 is 16.1 Å². The predicted molar refractivity (Wildman–Crippen MR) is 174 cm³/mol. The fraction of sp³-hybridized carbons (Fsp3) is 0.457. The highest BCUT2D eigenvalue weighted by Gasteiger charge is 2.52. The number of rotatable bonds is 14.